The topological polar surface area (TPSA) is 69.6 Å². The van der Waals surface area contributed by atoms with Crippen LogP contribution in [0.4, 0.5) is 0 Å². The Balaban J connectivity index is 1.88. The van der Waals surface area contributed by atoms with E-state index in [2.05, 4.69) is 24.4 Å². The quantitative estimate of drug-likeness (QED) is 0.160. The normalized spacial score (nSPS) is 11.2. The van der Waals surface area contributed by atoms with Crippen LogP contribution >= 0.6 is 0 Å². The zero-order valence-corrected chi connectivity index (χ0v) is 18.3. The highest BCUT2D eigenvalue weighted by molar-refractivity contribution is 5.78. The molecular formula is C25H41NO3. The van der Waals surface area contributed by atoms with Crippen LogP contribution < -0.4 is 5.32 Å². The lowest BCUT2D eigenvalue weighted by molar-refractivity contribution is -0.120. The van der Waals surface area contributed by atoms with Crippen molar-refractivity contribution in [2.24, 2.45) is 0 Å². The van der Waals surface area contributed by atoms with Crippen LogP contribution in [0.25, 0.3) is 0 Å². The van der Waals surface area contributed by atoms with Gasteiger partial charge < -0.3 is 15.5 Å². The van der Waals surface area contributed by atoms with Crippen molar-refractivity contribution in [1.29, 1.82) is 0 Å². The molecule has 0 aliphatic heterocycles. The minimum atomic E-state index is -0.187. The van der Waals surface area contributed by atoms with Crippen LogP contribution in [0.1, 0.15) is 96.0 Å². The highest BCUT2D eigenvalue weighted by atomic mass is 16.3. The number of amides is 1. The lowest BCUT2D eigenvalue weighted by Crippen LogP contribution is -2.26. The summed E-state index contributed by atoms with van der Waals surface area (Å²) in [7, 11) is 0. The van der Waals surface area contributed by atoms with Crippen LogP contribution in [-0.2, 0) is 11.2 Å². The van der Waals surface area contributed by atoms with Crippen LogP contribution in [0.5, 0.6) is 11.5 Å². The SMILES string of the molecule is CCCCCCCC/C=C\CCCCCCCNC(=O)Cc1ccc(O)c(O)c1. The molecule has 0 radical (unpaired) electrons. The Morgan fingerprint density at radius 2 is 1.41 bits per heavy atom. The fourth-order valence-electron chi connectivity index (χ4n) is 3.35. The van der Waals surface area contributed by atoms with Gasteiger partial charge in [0, 0.05) is 6.54 Å². The second-order valence-electron chi connectivity index (χ2n) is 7.93. The van der Waals surface area contributed by atoms with Crippen molar-refractivity contribution in [3.63, 3.8) is 0 Å². The molecule has 1 aromatic carbocycles. The molecule has 0 saturated carbocycles. The molecule has 0 spiro atoms. The average Bonchev–Trinajstić information content (AvgIpc) is 2.70. The van der Waals surface area contributed by atoms with Crippen molar-refractivity contribution in [2.45, 2.75) is 96.8 Å². The summed E-state index contributed by atoms with van der Waals surface area (Å²) in [6.07, 6.45) is 21.4. The molecule has 0 aliphatic rings. The van der Waals surface area contributed by atoms with Crippen molar-refractivity contribution >= 4 is 5.91 Å². The lowest BCUT2D eigenvalue weighted by Gasteiger charge is -2.06. The maximum Gasteiger partial charge on any atom is 0.224 e. The van der Waals surface area contributed by atoms with Gasteiger partial charge in [-0.2, -0.15) is 0 Å². The van der Waals surface area contributed by atoms with Crippen LogP contribution in [0, 0.1) is 0 Å². The van der Waals surface area contributed by atoms with E-state index in [1.807, 2.05) is 0 Å². The second kappa shape index (κ2) is 16.9. The first-order chi connectivity index (χ1) is 14.1. The number of benzene rings is 1. The Labute approximate surface area is 177 Å². The first kappa shape index (κ1) is 25.1. The van der Waals surface area contributed by atoms with E-state index in [4.69, 9.17) is 0 Å². The number of carbonyl (C=O) groups excluding carboxylic acids is 1. The molecule has 3 N–H and O–H groups in total. The standard InChI is InChI=1S/C25H41NO3/c1-2-3-4-5-6-7-8-9-10-11-12-13-14-15-16-19-26-25(29)21-22-17-18-23(27)24(28)20-22/h9-10,17-18,20,27-28H,2-8,11-16,19,21H2,1H3,(H,26,29)/b10-9-. The van der Waals surface area contributed by atoms with E-state index in [0.29, 0.717) is 12.1 Å². The van der Waals surface area contributed by atoms with Crippen molar-refractivity contribution in [2.75, 3.05) is 6.54 Å². The van der Waals surface area contributed by atoms with Crippen LogP contribution in [0.15, 0.2) is 30.4 Å². The third kappa shape index (κ3) is 13.8. The fraction of sp³-hybridized carbons (Fsp3) is 0.640. The van der Waals surface area contributed by atoms with Gasteiger partial charge in [0.15, 0.2) is 11.5 Å². The van der Waals surface area contributed by atoms with Crippen molar-refractivity contribution in [1.82, 2.24) is 5.32 Å². The predicted molar refractivity (Wildman–Crippen MR) is 121 cm³/mol. The number of hydrogen-bond donors (Lipinski definition) is 3. The van der Waals surface area contributed by atoms with Crippen LogP contribution in [0.3, 0.4) is 0 Å². The Morgan fingerprint density at radius 1 is 0.828 bits per heavy atom. The third-order valence-electron chi connectivity index (χ3n) is 5.17. The summed E-state index contributed by atoms with van der Waals surface area (Å²) in [6, 6.07) is 4.48. The highest BCUT2D eigenvalue weighted by Gasteiger charge is 2.05. The first-order valence-corrected chi connectivity index (χ1v) is 11.6. The predicted octanol–water partition coefficient (Wildman–Crippen LogP) is 6.40. The molecule has 0 saturated heterocycles. The highest BCUT2D eigenvalue weighted by Crippen LogP contribution is 2.24. The van der Waals surface area contributed by atoms with E-state index in [1.54, 1.807) is 6.07 Å². The number of hydrogen-bond acceptors (Lipinski definition) is 3. The molecule has 164 valence electrons. The molecule has 0 unspecified atom stereocenters. The third-order valence-corrected chi connectivity index (χ3v) is 5.17. The molecule has 0 aliphatic carbocycles. The number of rotatable bonds is 17. The smallest absolute Gasteiger partial charge is 0.224 e. The van der Waals surface area contributed by atoms with Gasteiger partial charge in [-0.1, -0.05) is 76.5 Å². The number of allylic oxidation sites excluding steroid dienone is 2. The summed E-state index contributed by atoms with van der Waals surface area (Å²) < 4.78 is 0. The van der Waals surface area contributed by atoms with Gasteiger partial charge in [0.1, 0.15) is 0 Å². The number of unbranched alkanes of at least 4 members (excludes halogenated alkanes) is 11. The van der Waals surface area contributed by atoms with E-state index in [1.165, 1.54) is 82.8 Å². The minimum Gasteiger partial charge on any atom is -0.504 e. The largest absolute Gasteiger partial charge is 0.504 e. The Bertz CT molecular complexity index is 583. The summed E-state index contributed by atoms with van der Waals surface area (Å²) in [4.78, 5) is 11.9. The number of phenols is 2. The molecule has 1 aromatic rings. The van der Waals surface area contributed by atoms with Gasteiger partial charge in [0.2, 0.25) is 5.91 Å². The molecular weight excluding hydrogens is 362 g/mol. The maximum atomic E-state index is 11.9. The fourth-order valence-corrected chi connectivity index (χ4v) is 3.35. The van der Waals surface area contributed by atoms with Gasteiger partial charge in [-0.3, -0.25) is 4.79 Å². The first-order valence-electron chi connectivity index (χ1n) is 11.6. The molecule has 1 amide bonds. The molecule has 0 aromatic heterocycles. The van der Waals surface area contributed by atoms with Crippen LogP contribution in [-0.4, -0.2) is 22.7 Å². The molecule has 0 fully saturated rings. The number of carbonyl (C=O) groups is 1. The molecule has 0 bridgehead atoms. The van der Waals surface area contributed by atoms with Crippen molar-refractivity contribution in [3.05, 3.63) is 35.9 Å². The van der Waals surface area contributed by atoms with E-state index in [-0.39, 0.29) is 23.8 Å². The summed E-state index contributed by atoms with van der Waals surface area (Å²) in [5, 5.41) is 21.7. The molecule has 4 heteroatoms. The van der Waals surface area contributed by atoms with Crippen LogP contribution in [0.2, 0.25) is 0 Å². The molecule has 0 atom stereocenters. The minimum absolute atomic E-state index is 0.0504. The van der Waals surface area contributed by atoms with E-state index in [9.17, 15) is 15.0 Å². The van der Waals surface area contributed by atoms with Gasteiger partial charge in [-0.25, -0.2) is 0 Å². The summed E-state index contributed by atoms with van der Waals surface area (Å²) in [5.41, 5.74) is 0.697. The van der Waals surface area contributed by atoms with Crippen molar-refractivity contribution in [3.8, 4) is 11.5 Å². The molecule has 1 rings (SSSR count). The van der Waals surface area contributed by atoms with Gasteiger partial charge >= 0.3 is 0 Å². The Morgan fingerprint density at radius 3 is 2.03 bits per heavy atom. The number of nitrogens with one attached hydrogen (secondary N) is 1. The summed E-state index contributed by atoms with van der Waals surface area (Å²) in [5.74, 6) is -0.402. The monoisotopic (exact) mass is 403 g/mol. The zero-order chi connectivity index (χ0) is 21.2. The van der Waals surface area contributed by atoms with Gasteiger partial charge in [0.05, 0.1) is 6.42 Å². The summed E-state index contributed by atoms with van der Waals surface area (Å²) >= 11 is 0. The molecule has 4 nitrogen and oxygen atoms in total. The van der Waals surface area contributed by atoms with Gasteiger partial charge in [0.25, 0.3) is 0 Å². The maximum absolute atomic E-state index is 11.9. The number of phenolic OH excluding ortho intramolecular Hbond substituents is 2. The Hall–Kier alpha value is -1.97. The van der Waals surface area contributed by atoms with Gasteiger partial charge in [-0.05, 0) is 49.8 Å². The molecule has 0 heterocycles. The van der Waals surface area contributed by atoms with E-state index < -0.39 is 0 Å². The van der Waals surface area contributed by atoms with Gasteiger partial charge in [-0.15, -0.1) is 0 Å². The lowest BCUT2D eigenvalue weighted by atomic mass is 10.1. The zero-order valence-electron chi connectivity index (χ0n) is 18.3. The Kier molecular flexibility index (Phi) is 14.6. The summed E-state index contributed by atoms with van der Waals surface area (Å²) in [6.45, 7) is 2.95. The average molecular weight is 404 g/mol. The van der Waals surface area contributed by atoms with Crippen molar-refractivity contribution < 1.29 is 15.0 Å². The number of aromatic hydroxyl groups is 2. The molecule has 29 heavy (non-hydrogen) atoms. The second-order valence-corrected chi connectivity index (χ2v) is 7.93. The van der Waals surface area contributed by atoms with E-state index >= 15 is 0 Å². The van der Waals surface area contributed by atoms with E-state index in [0.717, 1.165) is 12.8 Å².